The molecule has 2 unspecified atom stereocenters. The monoisotopic (exact) mass is 594 g/mol. The number of hydrogen-bond acceptors (Lipinski definition) is 14. The number of rotatable bonds is 10. The first-order valence-electron chi connectivity index (χ1n) is 11.6. The third kappa shape index (κ3) is 5.92. The van der Waals surface area contributed by atoms with Gasteiger partial charge in [0.1, 0.15) is 29.6 Å². The van der Waals surface area contributed by atoms with Crippen molar-refractivity contribution in [3.05, 3.63) is 29.7 Å². The molecule has 18 heteroatoms. The molecule has 0 aliphatic carbocycles. The van der Waals surface area contributed by atoms with E-state index in [-0.39, 0.29) is 47.0 Å². The van der Waals surface area contributed by atoms with Crippen LogP contribution in [-0.2, 0) is 19.2 Å². The Kier molecular flexibility index (Phi) is 8.88. The molecule has 3 aliphatic heterocycles. The summed E-state index contributed by atoms with van der Waals surface area (Å²) in [4.78, 5) is 54.5. The molecule has 4 heterocycles. The minimum atomic E-state index is -1.26. The van der Waals surface area contributed by atoms with Crippen molar-refractivity contribution >= 4 is 74.7 Å². The van der Waals surface area contributed by atoms with E-state index in [9.17, 15) is 19.5 Å². The van der Waals surface area contributed by atoms with Crippen LogP contribution in [0.4, 0.5) is 5.13 Å². The molecule has 0 spiro atoms. The van der Waals surface area contributed by atoms with Crippen molar-refractivity contribution in [3.63, 3.8) is 0 Å². The van der Waals surface area contributed by atoms with E-state index in [0.29, 0.717) is 23.0 Å². The number of nitrogen functional groups attached to an aromatic ring is 1. The highest BCUT2D eigenvalue weighted by molar-refractivity contribution is 8.14. The van der Waals surface area contributed by atoms with Crippen LogP contribution < -0.4 is 16.8 Å². The zero-order valence-electron chi connectivity index (χ0n) is 20.7. The Balaban J connectivity index is 1.49. The summed E-state index contributed by atoms with van der Waals surface area (Å²) < 4.78 is 3.98. The highest BCUT2D eigenvalue weighted by Crippen LogP contribution is 2.41. The summed E-state index contributed by atoms with van der Waals surface area (Å²) in [5, 5.41) is 24.3. The molecule has 1 saturated heterocycles. The normalized spacial score (nSPS) is 23.2. The summed E-state index contributed by atoms with van der Waals surface area (Å²) in [5.74, 6) is -1.97. The average molecular weight is 595 g/mol. The summed E-state index contributed by atoms with van der Waals surface area (Å²) in [5.41, 5.74) is 11.9. The number of nitrogens with zero attached hydrogens (tertiary/aromatic N) is 6. The van der Waals surface area contributed by atoms with Crippen molar-refractivity contribution in [1.82, 2.24) is 24.5 Å². The first kappa shape index (κ1) is 28.5. The van der Waals surface area contributed by atoms with Crippen LogP contribution in [0.25, 0.3) is 0 Å². The summed E-state index contributed by atoms with van der Waals surface area (Å²) in [6.45, 7) is 6.01. The molecule has 0 radical (unpaired) electrons. The van der Waals surface area contributed by atoms with E-state index in [1.165, 1.54) is 28.4 Å². The van der Waals surface area contributed by atoms with E-state index in [4.69, 9.17) is 21.7 Å². The molecule has 1 fully saturated rings. The van der Waals surface area contributed by atoms with E-state index < -0.39 is 35.4 Å². The third-order valence-corrected chi connectivity index (χ3v) is 8.63. The lowest BCUT2D eigenvalue weighted by Crippen LogP contribution is -2.71. The molecule has 3 aliphatic rings. The number of β-lactam (4-membered cyclic amide) rings is 1. The predicted octanol–water partition coefficient (Wildman–Crippen LogP) is -0.158. The standard InChI is InChI=1S/C21H26N10O5S3/c1-3-5-30-11(23)6-10(22)25-21(30)38-8-9-7-37-18-13(17(33)31(18)14(9)19(34)35)26-16(32)12(28-36-4-2)15-27-20(24)39-29-15/h3,11,13,18,22H,1,4-8,23H2,2H3,(H,26,32)(H,34,35)(H2,24,27,29)/t11?,13?,18-/m0/s1. The number of nitrogens with one attached hydrogen (secondary N) is 2. The molecule has 0 bridgehead atoms. The largest absolute Gasteiger partial charge is 0.477 e. The number of carboxylic acids is 1. The molecule has 4 rings (SSSR count). The van der Waals surface area contributed by atoms with E-state index in [1.807, 2.05) is 0 Å². The Morgan fingerprint density at radius 2 is 2.23 bits per heavy atom. The lowest BCUT2D eigenvalue weighted by atomic mass is 10.0. The van der Waals surface area contributed by atoms with Gasteiger partial charge in [-0.05, 0) is 12.5 Å². The van der Waals surface area contributed by atoms with Gasteiger partial charge in [0.25, 0.3) is 11.8 Å². The number of amides is 2. The molecule has 15 nitrogen and oxygen atoms in total. The number of aromatic nitrogens is 2. The second-order valence-electron chi connectivity index (χ2n) is 8.27. The van der Waals surface area contributed by atoms with Crippen molar-refractivity contribution in [3.8, 4) is 0 Å². The van der Waals surface area contributed by atoms with Gasteiger partial charge >= 0.3 is 5.97 Å². The van der Waals surface area contributed by atoms with Gasteiger partial charge in [0, 0.05) is 36.0 Å². The molecular formula is C21H26N10O5S3. The molecule has 1 aromatic rings. The number of amidine groups is 2. The van der Waals surface area contributed by atoms with Gasteiger partial charge in [-0.15, -0.1) is 18.3 Å². The average Bonchev–Trinajstić information content (AvgIpc) is 3.32. The number of hydrogen-bond donors (Lipinski definition) is 5. The Morgan fingerprint density at radius 3 is 2.87 bits per heavy atom. The minimum Gasteiger partial charge on any atom is -0.477 e. The molecule has 0 aromatic carbocycles. The van der Waals surface area contributed by atoms with Gasteiger partial charge in [-0.3, -0.25) is 19.9 Å². The second kappa shape index (κ2) is 12.1. The summed E-state index contributed by atoms with van der Waals surface area (Å²) in [6, 6.07) is -0.988. The van der Waals surface area contributed by atoms with E-state index in [1.54, 1.807) is 17.9 Å². The number of thioether (sulfide) groups is 2. The van der Waals surface area contributed by atoms with E-state index in [2.05, 4.69) is 31.4 Å². The number of anilines is 1. The maximum atomic E-state index is 13.1. The summed E-state index contributed by atoms with van der Waals surface area (Å²) >= 11 is 3.44. The third-order valence-electron chi connectivity index (χ3n) is 5.67. The van der Waals surface area contributed by atoms with E-state index >= 15 is 0 Å². The van der Waals surface area contributed by atoms with Crippen LogP contribution in [0.5, 0.6) is 0 Å². The fourth-order valence-corrected chi connectivity index (χ4v) is 6.95. The molecule has 0 saturated carbocycles. The number of carbonyl (C=O) groups is 3. The Bertz CT molecular complexity index is 1290. The number of nitrogens with two attached hydrogens (primary N) is 2. The summed E-state index contributed by atoms with van der Waals surface area (Å²) in [6.07, 6.45) is 1.52. The quantitative estimate of drug-likeness (QED) is 0.103. The van der Waals surface area contributed by atoms with Crippen molar-refractivity contribution in [1.29, 1.82) is 5.41 Å². The Morgan fingerprint density at radius 1 is 1.46 bits per heavy atom. The lowest BCUT2D eigenvalue weighted by Gasteiger charge is -2.49. The van der Waals surface area contributed by atoms with Crippen LogP contribution in [0, 0.1) is 5.41 Å². The number of carbonyl (C=O) groups excluding carboxylic acids is 2. The molecule has 39 heavy (non-hydrogen) atoms. The van der Waals surface area contributed by atoms with Crippen LogP contribution in [0.3, 0.4) is 0 Å². The van der Waals surface area contributed by atoms with Crippen LogP contribution in [0.15, 0.2) is 34.1 Å². The smallest absolute Gasteiger partial charge is 0.352 e. The van der Waals surface area contributed by atoms with Gasteiger partial charge in [-0.2, -0.15) is 9.36 Å². The van der Waals surface area contributed by atoms with Crippen LogP contribution >= 0.6 is 35.1 Å². The Hall–Kier alpha value is -3.48. The number of carboxylic acid groups (broad SMARTS) is 1. The fourth-order valence-electron chi connectivity index (χ4n) is 3.94. The van der Waals surface area contributed by atoms with Crippen LogP contribution in [0.1, 0.15) is 19.2 Å². The van der Waals surface area contributed by atoms with Gasteiger partial charge in [0.15, 0.2) is 10.3 Å². The number of oxime groups is 1. The van der Waals surface area contributed by atoms with Crippen molar-refractivity contribution < 1.29 is 24.3 Å². The topological polar surface area (TPSA) is 226 Å². The van der Waals surface area contributed by atoms with Gasteiger partial charge in [-0.25, -0.2) is 9.79 Å². The highest BCUT2D eigenvalue weighted by Gasteiger charge is 2.54. The Labute approximate surface area is 235 Å². The minimum absolute atomic E-state index is 0.0438. The van der Waals surface area contributed by atoms with Crippen molar-refractivity contribution in [2.45, 2.75) is 30.9 Å². The molecule has 3 atom stereocenters. The maximum absolute atomic E-state index is 13.1. The number of fused-ring (bicyclic) bond motifs is 1. The first-order chi connectivity index (χ1) is 18.7. The van der Waals surface area contributed by atoms with Crippen molar-refractivity contribution in [2.24, 2.45) is 15.9 Å². The van der Waals surface area contributed by atoms with Crippen LogP contribution in [-0.4, -0.2) is 101 Å². The molecular weight excluding hydrogens is 568 g/mol. The maximum Gasteiger partial charge on any atom is 0.352 e. The van der Waals surface area contributed by atoms with Gasteiger partial charge < -0.3 is 31.6 Å². The predicted molar refractivity (Wildman–Crippen MR) is 149 cm³/mol. The van der Waals surface area contributed by atoms with E-state index in [0.717, 1.165) is 11.5 Å². The molecule has 7 N–H and O–H groups in total. The SMILES string of the molecule is C=CCN1C(SCC2=C(C(=O)O)N3C(=O)C(NC(=O)C(=NOCC)c4nsc(N)n4)[C@@H]3SC2)=NC(=N)CC1N. The fraction of sp³-hybridized carbons (Fsp3) is 0.429. The molecule has 1 aromatic heterocycles. The zero-order valence-corrected chi connectivity index (χ0v) is 23.1. The molecule has 2 amide bonds. The lowest BCUT2D eigenvalue weighted by molar-refractivity contribution is -0.150. The number of aliphatic imine (C=N–C) groups is 1. The highest BCUT2D eigenvalue weighted by atomic mass is 32.2. The van der Waals surface area contributed by atoms with Gasteiger partial charge in [0.2, 0.25) is 11.5 Å². The van der Waals surface area contributed by atoms with Gasteiger partial charge in [0.05, 0.1) is 6.17 Å². The molecule has 208 valence electrons. The number of aliphatic carboxylic acids is 1. The zero-order chi connectivity index (χ0) is 28.3. The summed E-state index contributed by atoms with van der Waals surface area (Å²) in [7, 11) is 0. The first-order valence-corrected chi connectivity index (χ1v) is 14.4. The van der Waals surface area contributed by atoms with Gasteiger partial charge in [-0.1, -0.05) is 23.0 Å². The van der Waals surface area contributed by atoms with Crippen LogP contribution in [0.2, 0.25) is 0 Å². The van der Waals surface area contributed by atoms with Crippen molar-refractivity contribution in [2.75, 3.05) is 30.4 Å². The second-order valence-corrected chi connectivity index (χ2v) is 11.1.